The molecule has 0 spiro atoms. The molecule has 0 unspecified atom stereocenters. The van der Waals surface area contributed by atoms with Crippen molar-refractivity contribution in [2.24, 2.45) is 0 Å². The molecule has 2 fully saturated rings. The predicted octanol–water partition coefficient (Wildman–Crippen LogP) is 0.0338. The summed E-state index contributed by atoms with van der Waals surface area (Å²) >= 11 is 1.76. The molecule has 55 heavy (non-hydrogen) atoms. The summed E-state index contributed by atoms with van der Waals surface area (Å²) in [7, 11) is -3.87. The van der Waals surface area contributed by atoms with E-state index < -0.39 is 142 Å². The molecular formula is C32H46O20S3. The quantitative estimate of drug-likeness (QED) is 0.130. The van der Waals surface area contributed by atoms with E-state index in [0.29, 0.717) is 0 Å². The van der Waals surface area contributed by atoms with Crippen molar-refractivity contribution in [3.63, 3.8) is 0 Å². The lowest BCUT2D eigenvalue weighted by atomic mass is 9.99. The zero-order valence-corrected chi connectivity index (χ0v) is 33.9. The molecule has 2 saturated heterocycles. The van der Waals surface area contributed by atoms with Crippen LogP contribution in [0.1, 0.15) is 55.4 Å². The van der Waals surface area contributed by atoms with Crippen LogP contribution < -0.4 is 0 Å². The number of carbonyl (C=O) groups excluding carboxylic acids is 8. The van der Waals surface area contributed by atoms with Gasteiger partial charge in [0.1, 0.15) is 36.3 Å². The number of carbonyl (C=O) groups is 8. The first-order valence-corrected chi connectivity index (χ1v) is 20.6. The van der Waals surface area contributed by atoms with Crippen molar-refractivity contribution < 1.29 is 94.1 Å². The summed E-state index contributed by atoms with van der Waals surface area (Å²) < 4.78 is 80.8. The van der Waals surface area contributed by atoms with Gasteiger partial charge >= 0.3 is 47.8 Å². The number of esters is 8. The molecule has 23 heteroatoms. The number of hydrogen-bond acceptors (Lipinski definition) is 22. The summed E-state index contributed by atoms with van der Waals surface area (Å²) in [6.07, 6.45) is -10.8. The summed E-state index contributed by atoms with van der Waals surface area (Å²) in [5, 5.41) is 0. The minimum atomic E-state index is -3.87. The fourth-order valence-electron chi connectivity index (χ4n) is 5.33. The molecule has 0 radical (unpaired) electrons. The minimum Gasteiger partial charge on any atom is -0.463 e. The Bertz CT molecular complexity index is 1410. The van der Waals surface area contributed by atoms with Gasteiger partial charge in [-0.1, -0.05) is 0 Å². The third kappa shape index (κ3) is 16.5. The zero-order valence-electron chi connectivity index (χ0n) is 31.4. The summed E-state index contributed by atoms with van der Waals surface area (Å²) in [4.78, 5) is 95.4. The Labute approximate surface area is 325 Å². The third-order valence-corrected chi connectivity index (χ3v) is 11.7. The normalized spacial score (nSPS) is 27.7. The highest BCUT2D eigenvalue weighted by atomic mass is 32.2. The fourth-order valence-corrected chi connectivity index (χ4v) is 10.0. The van der Waals surface area contributed by atoms with Gasteiger partial charge in [0.2, 0.25) is 0 Å². The molecule has 2 heterocycles. The van der Waals surface area contributed by atoms with Gasteiger partial charge in [-0.15, -0.1) is 23.5 Å². The Morgan fingerprint density at radius 3 is 0.982 bits per heavy atom. The van der Waals surface area contributed by atoms with Crippen LogP contribution in [-0.2, 0) is 95.6 Å². The number of sulfone groups is 1. The summed E-state index contributed by atoms with van der Waals surface area (Å²) in [5.41, 5.74) is -2.38. The molecule has 20 nitrogen and oxygen atoms in total. The first kappa shape index (κ1) is 47.5. The van der Waals surface area contributed by atoms with E-state index >= 15 is 0 Å². The van der Waals surface area contributed by atoms with Gasteiger partial charge in [0.15, 0.2) is 46.5 Å². The number of rotatable bonds is 18. The van der Waals surface area contributed by atoms with Crippen molar-refractivity contribution in [1.82, 2.24) is 0 Å². The fraction of sp³-hybridized carbons (Fsp3) is 0.750. The van der Waals surface area contributed by atoms with Crippen LogP contribution in [0.5, 0.6) is 0 Å². The van der Waals surface area contributed by atoms with E-state index in [-0.39, 0.29) is 11.5 Å². The number of thioether (sulfide) groups is 2. The van der Waals surface area contributed by atoms with Gasteiger partial charge in [0.05, 0.1) is 11.5 Å². The van der Waals surface area contributed by atoms with Gasteiger partial charge in [0, 0.05) is 66.9 Å². The van der Waals surface area contributed by atoms with E-state index in [4.69, 9.17) is 47.4 Å². The Balaban J connectivity index is 2.25. The Hall–Kier alpha value is -3.67. The summed E-state index contributed by atoms with van der Waals surface area (Å²) in [6.45, 7) is 7.79. The van der Waals surface area contributed by atoms with Crippen molar-refractivity contribution in [1.29, 1.82) is 0 Å². The van der Waals surface area contributed by atoms with Crippen LogP contribution in [0.4, 0.5) is 0 Å². The van der Waals surface area contributed by atoms with Crippen molar-refractivity contribution in [3.8, 4) is 0 Å². The predicted molar refractivity (Wildman–Crippen MR) is 187 cm³/mol. The van der Waals surface area contributed by atoms with Crippen molar-refractivity contribution in [2.75, 3.05) is 36.2 Å². The van der Waals surface area contributed by atoms with Gasteiger partial charge in [-0.05, 0) is 0 Å². The lowest BCUT2D eigenvalue weighted by Gasteiger charge is -2.44. The van der Waals surface area contributed by atoms with Gasteiger partial charge in [-0.3, -0.25) is 38.4 Å². The third-order valence-electron chi connectivity index (χ3n) is 7.25. The molecule has 0 aliphatic carbocycles. The van der Waals surface area contributed by atoms with E-state index in [1.165, 1.54) is 0 Å². The molecule has 0 aromatic carbocycles. The molecule has 312 valence electrons. The average molecular weight is 847 g/mol. The van der Waals surface area contributed by atoms with E-state index in [1.807, 2.05) is 0 Å². The monoisotopic (exact) mass is 846 g/mol. The van der Waals surface area contributed by atoms with Crippen molar-refractivity contribution >= 4 is 81.1 Å². The van der Waals surface area contributed by atoms with Crippen LogP contribution >= 0.6 is 23.5 Å². The second-order valence-electron chi connectivity index (χ2n) is 12.0. The molecule has 10 atom stereocenters. The summed E-state index contributed by atoms with van der Waals surface area (Å²) in [5.74, 6) is -7.51. The van der Waals surface area contributed by atoms with Crippen LogP contribution in [0.25, 0.3) is 0 Å². The molecule has 0 amide bonds. The van der Waals surface area contributed by atoms with Crippen molar-refractivity contribution in [3.05, 3.63) is 0 Å². The molecule has 2 aliphatic rings. The number of ether oxygens (including phenoxy) is 10. The van der Waals surface area contributed by atoms with E-state index in [0.717, 1.165) is 78.9 Å². The van der Waals surface area contributed by atoms with Crippen LogP contribution in [-0.4, -0.2) is 152 Å². The van der Waals surface area contributed by atoms with Crippen LogP contribution in [0.2, 0.25) is 0 Å². The maximum absolute atomic E-state index is 13.2. The first-order chi connectivity index (χ1) is 25.6. The molecule has 2 aliphatic heterocycles. The largest absolute Gasteiger partial charge is 0.463 e. The second-order valence-corrected chi connectivity index (χ2v) is 16.7. The molecule has 0 aromatic heterocycles. The maximum atomic E-state index is 13.2. The summed E-state index contributed by atoms with van der Waals surface area (Å²) in [6, 6.07) is 0. The van der Waals surface area contributed by atoms with Crippen LogP contribution in [0.3, 0.4) is 0 Å². The molecular weight excluding hydrogens is 801 g/mol. The van der Waals surface area contributed by atoms with Gasteiger partial charge in [-0.25, -0.2) is 8.42 Å². The highest BCUT2D eigenvalue weighted by molar-refractivity contribution is 8.02. The minimum absolute atomic E-state index is 0.153. The lowest BCUT2D eigenvalue weighted by molar-refractivity contribution is -0.237. The first-order valence-electron chi connectivity index (χ1n) is 16.6. The van der Waals surface area contributed by atoms with Crippen LogP contribution in [0.15, 0.2) is 0 Å². The van der Waals surface area contributed by atoms with Gasteiger partial charge in [0.25, 0.3) is 0 Å². The second kappa shape index (κ2) is 22.2. The highest BCUT2D eigenvalue weighted by Gasteiger charge is 2.53. The SMILES string of the molecule is CC(=O)OC[C@H]1O[C@@H](SCCS(=O)(=O)CCS[C@@H]2O[C@H](COC(C)=O)[C@@H](OC(C)=O)[C@H](OC(C)=O)[C@H]2OC(C)=O)[C@H](OC(C)=O)[C@@H](OC(C)=O)[C@@H]1OC(C)=O. The Morgan fingerprint density at radius 2 is 0.709 bits per heavy atom. The lowest BCUT2D eigenvalue weighted by Crippen LogP contribution is -2.61. The molecule has 2 rings (SSSR count). The van der Waals surface area contributed by atoms with Gasteiger partial charge < -0.3 is 47.4 Å². The van der Waals surface area contributed by atoms with Crippen molar-refractivity contribution in [2.45, 2.75) is 115 Å². The standard InChI is InChI=1S/C32H46O20S3/c1-15(33)43-13-23-25(45-17(3)35)27(47-19(5)37)29(49-21(7)39)31(51-23)53-9-11-55(41,42)12-10-54-32-30(50-22(8)40)28(48-20(6)38)26(46-18(4)36)24(52-32)14-44-16(2)34/h23-32H,9-14H2,1-8H3/t23-,24-,25-,26-,27+,28+,29-,30-,31+,32+/m1/s1. The molecule has 0 N–H and O–H groups in total. The molecule has 0 bridgehead atoms. The highest BCUT2D eigenvalue weighted by Crippen LogP contribution is 2.36. The molecule has 0 saturated carbocycles. The zero-order chi connectivity index (χ0) is 41.6. The maximum Gasteiger partial charge on any atom is 0.303 e. The smallest absolute Gasteiger partial charge is 0.303 e. The Kier molecular flexibility index (Phi) is 19.1. The molecule has 0 aromatic rings. The van der Waals surface area contributed by atoms with Crippen LogP contribution in [0, 0.1) is 0 Å². The van der Waals surface area contributed by atoms with E-state index in [2.05, 4.69) is 0 Å². The topological polar surface area (TPSA) is 263 Å². The number of hydrogen-bond donors (Lipinski definition) is 0. The average Bonchev–Trinajstić information content (AvgIpc) is 3.03. The Morgan fingerprint density at radius 1 is 0.436 bits per heavy atom. The van der Waals surface area contributed by atoms with Gasteiger partial charge in [-0.2, -0.15) is 0 Å². The van der Waals surface area contributed by atoms with E-state index in [9.17, 15) is 46.8 Å². The van der Waals surface area contributed by atoms with E-state index in [1.54, 1.807) is 0 Å².